The van der Waals surface area contributed by atoms with Crippen LogP contribution < -0.4 is 11.1 Å². The molecule has 3 N–H and O–H groups in total. The van der Waals surface area contributed by atoms with Crippen molar-refractivity contribution in [3.05, 3.63) is 35.9 Å². The molecule has 0 radical (unpaired) electrons. The van der Waals surface area contributed by atoms with E-state index >= 15 is 0 Å². The van der Waals surface area contributed by atoms with E-state index in [0.717, 1.165) is 0 Å². The van der Waals surface area contributed by atoms with E-state index in [2.05, 4.69) is 5.32 Å². The van der Waals surface area contributed by atoms with Gasteiger partial charge >= 0.3 is 0 Å². The molecule has 94 valence electrons. The lowest BCUT2D eigenvalue weighted by molar-refractivity contribution is -0.118. The van der Waals surface area contributed by atoms with E-state index in [1.165, 1.54) is 12.1 Å². The van der Waals surface area contributed by atoms with Gasteiger partial charge < -0.3 is 11.1 Å². The molecule has 0 heterocycles. The van der Waals surface area contributed by atoms with E-state index in [1.807, 2.05) is 0 Å². The zero-order valence-electron chi connectivity index (χ0n) is 9.46. The molecule has 0 aromatic heterocycles. The molecule has 0 aliphatic rings. The minimum atomic E-state index is -2.89. The average molecular weight is 242 g/mol. The number of alkyl halides is 2. The SMILES string of the molecule is NC(=O)CCCNCC(F)(F)c1ccccc1. The molecule has 1 rings (SSSR count). The smallest absolute Gasteiger partial charge is 0.285 e. The van der Waals surface area contributed by atoms with Gasteiger partial charge in [0.15, 0.2) is 0 Å². The summed E-state index contributed by atoms with van der Waals surface area (Å²) in [5.74, 6) is -3.31. The molecule has 0 unspecified atom stereocenters. The van der Waals surface area contributed by atoms with Gasteiger partial charge in [-0.2, -0.15) is 8.78 Å². The van der Waals surface area contributed by atoms with Crippen LogP contribution in [0.3, 0.4) is 0 Å². The fourth-order valence-corrected chi connectivity index (χ4v) is 1.42. The van der Waals surface area contributed by atoms with Crippen LogP contribution in [0.5, 0.6) is 0 Å². The molecule has 0 atom stereocenters. The van der Waals surface area contributed by atoms with Crippen molar-refractivity contribution in [1.82, 2.24) is 5.32 Å². The van der Waals surface area contributed by atoms with Crippen LogP contribution in [0.15, 0.2) is 30.3 Å². The Bertz CT molecular complexity index is 355. The first-order valence-electron chi connectivity index (χ1n) is 5.45. The van der Waals surface area contributed by atoms with Gasteiger partial charge in [0, 0.05) is 12.0 Å². The molecule has 0 spiro atoms. The van der Waals surface area contributed by atoms with Gasteiger partial charge in [-0.3, -0.25) is 4.79 Å². The Morgan fingerprint density at radius 1 is 1.29 bits per heavy atom. The van der Waals surface area contributed by atoms with E-state index in [0.29, 0.717) is 13.0 Å². The lowest BCUT2D eigenvalue weighted by atomic mass is 10.1. The number of hydrogen-bond donors (Lipinski definition) is 2. The van der Waals surface area contributed by atoms with Gasteiger partial charge in [-0.1, -0.05) is 30.3 Å². The van der Waals surface area contributed by atoms with E-state index in [9.17, 15) is 13.6 Å². The molecule has 1 aromatic rings. The molecular weight excluding hydrogens is 226 g/mol. The molecular formula is C12H16F2N2O. The summed E-state index contributed by atoms with van der Waals surface area (Å²) >= 11 is 0. The molecule has 0 bridgehead atoms. The van der Waals surface area contributed by atoms with E-state index in [1.54, 1.807) is 18.2 Å². The molecule has 17 heavy (non-hydrogen) atoms. The van der Waals surface area contributed by atoms with Gasteiger partial charge in [0.05, 0.1) is 6.54 Å². The van der Waals surface area contributed by atoms with Crippen LogP contribution >= 0.6 is 0 Å². The minimum absolute atomic E-state index is 0.0117. The summed E-state index contributed by atoms with van der Waals surface area (Å²) in [6.45, 7) is -0.0822. The van der Waals surface area contributed by atoms with Crippen molar-refractivity contribution < 1.29 is 13.6 Å². The number of carbonyl (C=O) groups is 1. The van der Waals surface area contributed by atoms with Crippen LogP contribution in [0.25, 0.3) is 0 Å². The van der Waals surface area contributed by atoms with E-state index in [4.69, 9.17) is 5.73 Å². The second-order valence-corrected chi connectivity index (χ2v) is 3.82. The van der Waals surface area contributed by atoms with Crippen LogP contribution in [0.4, 0.5) is 8.78 Å². The van der Waals surface area contributed by atoms with Crippen LogP contribution in [-0.4, -0.2) is 19.0 Å². The number of benzene rings is 1. The number of primary amides is 1. The lowest BCUT2D eigenvalue weighted by Gasteiger charge is -2.17. The number of nitrogens with two attached hydrogens (primary N) is 1. The molecule has 0 saturated heterocycles. The van der Waals surface area contributed by atoms with Gasteiger partial charge in [0.2, 0.25) is 5.91 Å². The van der Waals surface area contributed by atoms with Crippen LogP contribution in [-0.2, 0) is 10.7 Å². The van der Waals surface area contributed by atoms with Crippen molar-refractivity contribution in [2.24, 2.45) is 5.73 Å². The topological polar surface area (TPSA) is 55.1 Å². The second-order valence-electron chi connectivity index (χ2n) is 3.82. The summed E-state index contributed by atoms with van der Waals surface area (Å²) in [7, 11) is 0. The maximum absolute atomic E-state index is 13.6. The summed E-state index contributed by atoms with van der Waals surface area (Å²) in [5.41, 5.74) is 4.93. The normalized spacial score (nSPS) is 11.4. The van der Waals surface area contributed by atoms with Gasteiger partial charge in [-0.15, -0.1) is 0 Å². The average Bonchev–Trinajstić information content (AvgIpc) is 2.29. The lowest BCUT2D eigenvalue weighted by Crippen LogP contribution is -2.31. The first-order valence-corrected chi connectivity index (χ1v) is 5.45. The highest BCUT2D eigenvalue weighted by molar-refractivity contribution is 5.73. The Balaban J connectivity index is 2.33. The first-order chi connectivity index (χ1) is 8.02. The number of amides is 1. The number of rotatable bonds is 7. The molecule has 5 heteroatoms. The second kappa shape index (κ2) is 6.30. The summed E-state index contributed by atoms with van der Waals surface area (Å²) in [5, 5.41) is 2.62. The van der Waals surface area contributed by atoms with Crippen molar-refractivity contribution in [3.8, 4) is 0 Å². The number of nitrogens with one attached hydrogen (secondary N) is 1. The summed E-state index contributed by atoms with van der Waals surface area (Å²) in [6.07, 6.45) is 0.685. The van der Waals surface area contributed by atoms with E-state index < -0.39 is 18.4 Å². The van der Waals surface area contributed by atoms with Crippen molar-refractivity contribution in [2.75, 3.05) is 13.1 Å². The quantitative estimate of drug-likeness (QED) is 0.714. The maximum Gasteiger partial charge on any atom is 0.285 e. The van der Waals surface area contributed by atoms with Gasteiger partial charge in [0.1, 0.15) is 0 Å². The Hall–Kier alpha value is -1.49. The van der Waals surface area contributed by atoms with E-state index in [-0.39, 0.29) is 12.0 Å². The van der Waals surface area contributed by atoms with Crippen molar-refractivity contribution >= 4 is 5.91 Å². The summed E-state index contributed by atoms with van der Waals surface area (Å²) in [6, 6.07) is 7.64. The number of carbonyl (C=O) groups excluding carboxylic acids is 1. The fraction of sp³-hybridized carbons (Fsp3) is 0.417. The van der Waals surface area contributed by atoms with Gasteiger partial charge in [-0.05, 0) is 13.0 Å². The fourth-order valence-electron chi connectivity index (χ4n) is 1.42. The van der Waals surface area contributed by atoms with Crippen molar-refractivity contribution in [1.29, 1.82) is 0 Å². The van der Waals surface area contributed by atoms with Gasteiger partial charge in [-0.25, -0.2) is 0 Å². The number of halogens is 2. The zero-order valence-corrected chi connectivity index (χ0v) is 9.46. The predicted octanol–water partition coefficient (Wildman–Crippen LogP) is 1.63. The van der Waals surface area contributed by atoms with Crippen LogP contribution in [0.2, 0.25) is 0 Å². The molecule has 0 aliphatic carbocycles. The first kappa shape index (κ1) is 13.6. The highest BCUT2D eigenvalue weighted by atomic mass is 19.3. The molecule has 0 fully saturated rings. The maximum atomic E-state index is 13.6. The molecule has 1 aromatic carbocycles. The highest BCUT2D eigenvalue weighted by Crippen LogP contribution is 2.26. The Labute approximate surface area is 99.0 Å². The largest absolute Gasteiger partial charge is 0.370 e. The molecule has 0 saturated carbocycles. The zero-order chi connectivity index (χ0) is 12.7. The predicted molar refractivity (Wildman–Crippen MR) is 61.6 cm³/mol. The summed E-state index contributed by atoms with van der Waals surface area (Å²) in [4.78, 5) is 10.4. The van der Waals surface area contributed by atoms with Crippen LogP contribution in [0.1, 0.15) is 18.4 Å². The molecule has 0 aliphatic heterocycles. The Morgan fingerprint density at radius 2 is 1.94 bits per heavy atom. The monoisotopic (exact) mass is 242 g/mol. The highest BCUT2D eigenvalue weighted by Gasteiger charge is 2.30. The van der Waals surface area contributed by atoms with Crippen molar-refractivity contribution in [2.45, 2.75) is 18.8 Å². The number of hydrogen-bond acceptors (Lipinski definition) is 2. The van der Waals surface area contributed by atoms with Crippen LogP contribution in [0, 0.1) is 0 Å². The Morgan fingerprint density at radius 3 is 2.53 bits per heavy atom. The Kier molecular flexibility index (Phi) is 5.03. The summed E-state index contributed by atoms with van der Waals surface area (Å²) < 4.78 is 27.2. The molecule has 3 nitrogen and oxygen atoms in total. The third kappa shape index (κ3) is 4.91. The van der Waals surface area contributed by atoms with Gasteiger partial charge in [0.25, 0.3) is 5.92 Å². The standard InChI is InChI=1S/C12H16F2N2O/c13-12(14,10-5-2-1-3-6-10)9-16-8-4-7-11(15)17/h1-3,5-6,16H,4,7-9H2,(H2,15,17). The minimum Gasteiger partial charge on any atom is -0.370 e. The third-order valence-corrected chi connectivity index (χ3v) is 2.32. The van der Waals surface area contributed by atoms with Crippen molar-refractivity contribution in [3.63, 3.8) is 0 Å². The third-order valence-electron chi connectivity index (χ3n) is 2.32. The molecule has 1 amide bonds.